The molecule has 0 aromatic heterocycles. The highest BCUT2D eigenvalue weighted by Crippen LogP contribution is 2.23. The van der Waals surface area contributed by atoms with Gasteiger partial charge >= 0.3 is 0 Å². The molecule has 1 aliphatic heterocycles. The predicted molar refractivity (Wildman–Crippen MR) is 57.0 cm³/mol. The molecule has 0 radical (unpaired) electrons. The van der Waals surface area contributed by atoms with E-state index in [0.717, 1.165) is 19.7 Å². The Morgan fingerprint density at radius 3 is 2.86 bits per heavy atom. The number of rotatable bonds is 4. The summed E-state index contributed by atoms with van der Waals surface area (Å²) in [4.78, 5) is 2.21. The van der Waals surface area contributed by atoms with E-state index in [9.17, 15) is 0 Å². The molecular weight excluding hydrogens is 178 g/mol. The molecular formula is C11H21NO2. The summed E-state index contributed by atoms with van der Waals surface area (Å²) in [6, 6.07) is 0. The van der Waals surface area contributed by atoms with Crippen LogP contribution < -0.4 is 0 Å². The summed E-state index contributed by atoms with van der Waals surface area (Å²) in [5.74, 6) is -0.513. The summed E-state index contributed by atoms with van der Waals surface area (Å²) >= 11 is 0. The minimum absolute atomic E-state index is 0.513. The van der Waals surface area contributed by atoms with Crippen LogP contribution in [0, 0.1) is 0 Å². The van der Waals surface area contributed by atoms with Gasteiger partial charge in [-0.05, 0) is 20.8 Å². The molecule has 0 saturated carbocycles. The van der Waals surface area contributed by atoms with Gasteiger partial charge in [0.1, 0.15) is 0 Å². The van der Waals surface area contributed by atoms with Crippen LogP contribution in [0.25, 0.3) is 0 Å². The average molecular weight is 199 g/mol. The fraction of sp³-hybridized carbons (Fsp3) is 0.818. The normalized spacial score (nSPS) is 28.0. The van der Waals surface area contributed by atoms with Gasteiger partial charge in [0.2, 0.25) is 5.91 Å². The monoisotopic (exact) mass is 199 g/mol. The molecule has 0 N–H and O–H groups in total. The van der Waals surface area contributed by atoms with E-state index in [1.807, 2.05) is 13.8 Å². The first-order chi connectivity index (χ1) is 6.58. The zero-order chi connectivity index (χ0) is 10.6. The van der Waals surface area contributed by atoms with Crippen molar-refractivity contribution in [2.75, 3.05) is 26.3 Å². The molecule has 1 atom stereocenters. The molecule has 0 aliphatic carbocycles. The molecule has 0 aromatic rings. The van der Waals surface area contributed by atoms with Crippen LogP contribution in [0.3, 0.4) is 0 Å². The van der Waals surface area contributed by atoms with Crippen molar-refractivity contribution in [3.8, 4) is 0 Å². The van der Waals surface area contributed by atoms with Gasteiger partial charge in [-0.25, -0.2) is 4.90 Å². The molecule has 14 heavy (non-hydrogen) atoms. The van der Waals surface area contributed by atoms with Crippen molar-refractivity contribution in [3.63, 3.8) is 0 Å². The molecule has 1 heterocycles. The van der Waals surface area contributed by atoms with Crippen molar-refractivity contribution < 1.29 is 9.47 Å². The predicted octanol–water partition coefficient (Wildman–Crippen LogP) is 2.00. The lowest BCUT2D eigenvalue weighted by atomic mass is 10.3. The van der Waals surface area contributed by atoms with Crippen molar-refractivity contribution in [3.05, 3.63) is 11.6 Å². The number of nitrogens with zero attached hydrogens (tertiary/aromatic N) is 1. The Labute approximate surface area is 86.7 Å². The third-order valence-corrected chi connectivity index (χ3v) is 2.44. The first kappa shape index (κ1) is 11.7. The number of hydrogen-bond acceptors (Lipinski definition) is 3. The summed E-state index contributed by atoms with van der Waals surface area (Å²) in [5, 5.41) is 0. The summed E-state index contributed by atoms with van der Waals surface area (Å²) < 4.78 is 11.2. The molecule has 1 fully saturated rings. The first-order valence-electron chi connectivity index (χ1n) is 5.25. The summed E-state index contributed by atoms with van der Waals surface area (Å²) in [5.41, 5.74) is 1.33. The van der Waals surface area contributed by atoms with E-state index in [1.165, 1.54) is 5.57 Å². The van der Waals surface area contributed by atoms with Gasteiger partial charge in [-0.15, -0.1) is 0 Å². The Kier molecular flexibility index (Phi) is 4.11. The van der Waals surface area contributed by atoms with Crippen LogP contribution in [-0.4, -0.2) is 37.1 Å². The van der Waals surface area contributed by atoms with E-state index in [4.69, 9.17) is 9.47 Å². The van der Waals surface area contributed by atoms with Crippen LogP contribution in [-0.2, 0) is 9.47 Å². The zero-order valence-corrected chi connectivity index (χ0v) is 9.67. The quantitative estimate of drug-likeness (QED) is 0.646. The van der Waals surface area contributed by atoms with E-state index < -0.39 is 5.91 Å². The third kappa shape index (κ3) is 2.80. The van der Waals surface area contributed by atoms with Gasteiger partial charge in [-0.2, -0.15) is 0 Å². The maximum Gasteiger partial charge on any atom is 0.227 e. The number of ether oxygens (including phenoxy) is 2. The van der Waals surface area contributed by atoms with E-state index in [2.05, 4.69) is 24.8 Å². The second kappa shape index (κ2) is 4.91. The van der Waals surface area contributed by atoms with E-state index in [-0.39, 0.29) is 0 Å². The van der Waals surface area contributed by atoms with Gasteiger partial charge < -0.3 is 9.47 Å². The van der Waals surface area contributed by atoms with Gasteiger partial charge in [-0.3, -0.25) is 0 Å². The van der Waals surface area contributed by atoms with Gasteiger partial charge in [0, 0.05) is 26.6 Å². The average Bonchev–Trinajstić information content (AvgIpc) is 2.44. The Morgan fingerprint density at radius 2 is 2.29 bits per heavy atom. The molecule has 1 aliphatic rings. The molecule has 3 nitrogen and oxygen atoms in total. The molecule has 3 heteroatoms. The molecule has 0 aromatic carbocycles. The maximum atomic E-state index is 5.61. The fourth-order valence-electron chi connectivity index (χ4n) is 1.59. The van der Waals surface area contributed by atoms with Crippen LogP contribution >= 0.6 is 0 Å². The van der Waals surface area contributed by atoms with Crippen molar-refractivity contribution in [2.24, 2.45) is 0 Å². The van der Waals surface area contributed by atoms with Crippen molar-refractivity contribution >= 4 is 0 Å². The second-order valence-electron chi connectivity index (χ2n) is 3.91. The van der Waals surface area contributed by atoms with Gasteiger partial charge in [0.05, 0.1) is 6.61 Å². The van der Waals surface area contributed by atoms with Crippen LogP contribution in [0.5, 0.6) is 0 Å². The Balaban J connectivity index is 2.54. The lowest BCUT2D eigenvalue weighted by Gasteiger charge is -2.32. The number of allylic oxidation sites excluding steroid dienone is 1. The minimum atomic E-state index is -0.513. The largest absolute Gasteiger partial charge is 0.338 e. The molecule has 82 valence electrons. The van der Waals surface area contributed by atoms with Crippen molar-refractivity contribution in [2.45, 2.75) is 33.6 Å². The summed E-state index contributed by atoms with van der Waals surface area (Å²) in [6.45, 7) is 11.5. The molecule has 0 bridgehead atoms. The van der Waals surface area contributed by atoms with E-state index in [0.29, 0.717) is 6.61 Å². The number of hydrogen-bond donors (Lipinski definition) is 0. The van der Waals surface area contributed by atoms with Gasteiger partial charge in [-0.1, -0.05) is 11.6 Å². The fourth-order valence-corrected chi connectivity index (χ4v) is 1.59. The maximum absolute atomic E-state index is 5.61. The zero-order valence-electron chi connectivity index (χ0n) is 9.67. The molecule has 0 amide bonds. The van der Waals surface area contributed by atoms with Crippen LogP contribution in [0.2, 0.25) is 0 Å². The van der Waals surface area contributed by atoms with Gasteiger partial charge in [0.25, 0.3) is 0 Å². The third-order valence-electron chi connectivity index (χ3n) is 2.44. The molecule has 1 unspecified atom stereocenters. The molecule has 1 rings (SSSR count). The van der Waals surface area contributed by atoms with Crippen LogP contribution in [0.1, 0.15) is 27.7 Å². The highest BCUT2D eigenvalue weighted by atomic mass is 16.7. The molecule has 1 saturated heterocycles. The Morgan fingerprint density at radius 1 is 1.57 bits per heavy atom. The van der Waals surface area contributed by atoms with E-state index >= 15 is 0 Å². The summed E-state index contributed by atoms with van der Waals surface area (Å²) in [6.07, 6.45) is 2.20. The second-order valence-corrected chi connectivity index (χ2v) is 3.91. The SMILES string of the molecule is CCOC1(C)OCCN1CC=C(C)C. The molecule has 0 spiro atoms. The lowest BCUT2D eigenvalue weighted by Crippen LogP contribution is -2.44. The Hall–Kier alpha value is -0.380. The highest BCUT2D eigenvalue weighted by molar-refractivity contribution is 4.96. The topological polar surface area (TPSA) is 21.7 Å². The van der Waals surface area contributed by atoms with Gasteiger partial charge in [0.15, 0.2) is 0 Å². The smallest absolute Gasteiger partial charge is 0.227 e. The van der Waals surface area contributed by atoms with Crippen molar-refractivity contribution in [1.82, 2.24) is 4.90 Å². The minimum Gasteiger partial charge on any atom is -0.338 e. The summed E-state index contributed by atoms with van der Waals surface area (Å²) in [7, 11) is 0. The Bertz CT molecular complexity index is 211. The van der Waals surface area contributed by atoms with Crippen LogP contribution in [0.4, 0.5) is 0 Å². The van der Waals surface area contributed by atoms with Crippen molar-refractivity contribution in [1.29, 1.82) is 0 Å². The first-order valence-corrected chi connectivity index (χ1v) is 5.25. The van der Waals surface area contributed by atoms with E-state index in [1.54, 1.807) is 0 Å². The standard InChI is InChI=1S/C11H21NO2/c1-5-13-11(4)12(8-9-14-11)7-6-10(2)3/h6H,5,7-9H2,1-4H3. The van der Waals surface area contributed by atoms with Crippen LogP contribution in [0.15, 0.2) is 11.6 Å². The lowest BCUT2D eigenvalue weighted by molar-refractivity contribution is -0.258. The highest BCUT2D eigenvalue weighted by Gasteiger charge is 2.37.